The minimum atomic E-state index is 0.442. The van der Waals surface area contributed by atoms with Gasteiger partial charge in [0, 0.05) is 38.9 Å². The summed E-state index contributed by atoms with van der Waals surface area (Å²) in [6, 6.07) is 4.03. The molecule has 6 nitrogen and oxygen atoms in total. The molecule has 1 heterocycles. The summed E-state index contributed by atoms with van der Waals surface area (Å²) in [5.41, 5.74) is 1.12. The van der Waals surface area contributed by atoms with Crippen LogP contribution in [-0.2, 0) is 11.3 Å². The Hall–Kier alpha value is -1.82. The van der Waals surface area contributed by atoms with Gasteiger partial charge >= 0.3 is 0 Å². The highest BCUT2D eigenvalue weighted by Gasteiger charge is 2.12. The zero-order valence-electron chi connectivity index (χ0n) is 16.6. The fourth-order valence-electron chi connectivity index (χ4n) is 3.27. The molecule has 0 atom stereocenters. The number of ether oxygens (including phenoxy) is 1. The summed E-state index contributed by atoms with van der Waals surface area (Å²) in [5.74, 6) is 1.79. The molecule has 6 heteroatoms. The smallest absolute Gasteiger partial charge is 0.191 e. The SMILES string of the molecule is CCNC(=NCc1cccnc1N(C)C)NCCOC1CCCCCC1. The second-order valence-corrected chi connectivity index (χ2v) is 6.99. The van der Waals surface area contributed by atoms with Gasteiger partial charge in [-0.3, -0.25) is 0 Å². The number of nitrogens with zero attached hydrogens (tertiary/aromatic N) is 3. The zero-order valence-corrected chi connectivity index (χ0v) is 16.6. The molecule has 0 bridgehead atoms. The van der Waals surface area contributed by atoms with Crippen LogP contribution in [0.2, 0.25) is 0 Å². The van der Waals surface area contributed by atoms with Gasteiger partial charge in [-0.15, -0.1) is 0 Å². The number of aliphatic imine (C=N–C) groups is 1. The third kappa shape index (κ3) is 7.20. The van der Waals surface area contributed by atoms with E-state index in [0.717, 1.165) is 37.0 Å². The lowest BCUT2D eigenvalue weighted by molar-refractivity contribution is 0.0468. The van der Waals surface area contributed by atoms with Crippen LogP contribution < -0.4 is 15.5 Å². The lowest BCUT2D eigenvalue weighted by atomic mass is 10.1. The summed E-state index contributed by atoms with van der Waals surface area (Å²) < 4.78 is 6.04. The molecule has 0 unspecified atom stereocenters. The van der Waals surface area contributed by atoms with E-state index in [1.807, 2.05) is 31.3 Å². The van der Waals surface area contributed by atoms with E-state index in [1.54, 1.807) is 0 Å². The van der Waals surface area contributed by atoms with Gasteiger partial charge in [0.25, 0.3) is 0 Å². The molecule has 1 aliphatic rings. The molecule has 1 saturated carbocycles. The summed E-state index contributed by atoms with van der Waals surface area (Å²) in [4.78, 5) is 11.2. The molecule has 1 aliphatic carbocycles. The molecule has 26 heavy (non-hydrogen) atoms. The average molecular weight is 362 g/mol. The van der Waals surface area contributed by atoms with Gasteiger partial charge in [-0.2, -0.15) is 0 Å². The molecule has 2 N–H and O–H groups in total. The van der Waals surface area contributed by atoms with Gasteiger partial charge in [0.2, 0.25) is 0 Å². The van der Waals surface area contributed by atoms with Crippen molar-refractivity contribution in [3.63, 3.8) is 0 Å². The number of guanidine groups is 1. The second kappa shape index (κ2) is 11.7. The fraction of sp³-hybridized carbons (Fsp3) is 0.700. The molecule has 1 aromatic heterocycles. The number of hydrogen-bond acceptors (Lipinski definition) is 4. The summed E-state index contributed by atoms with van der Waals surface area (Å²) in [6.45, 7) is 5.01. The molecule has 1 aromatic rings. The maximum atomic E-state index is 6.04. The van der Waals surface area contributed by atoms with Crippen molar-refractivity contribution in [2.45, 2.75) is 58.1 Å². The Morgan fingerprint density at radius 3 is 2.69 bits per heavy atom. The summed E-state index contributed by atoms with van der Waals surface area (Å²) in [7, 11) is 4.01. The van der Waals surface area contributed by atoms with E-state index in [4.69, 9.17) is 9.73 Å². The van der Waals surface area contributed by atoms with Gasteiger partial charge in [-0.05, 0) is 25.8 Å². The second-order valence-electron chi connectivity index (χ2n) is 6.99. The van der Waals surface area contributed by atoms with E-state index in [9.17, 15) is 0 Å². The molecular weight excluding hydrogens is 326 g/mol. The van der Waals surface area contributed by atoms with E-state index in [-0.39, 0.29) is 0 Å². The normalized spacial score (nSPS) is 16.2. The minimum absolute atomic E-state index is 0.442. The molecule has 0 saturated heterocycles. The molecule has 1 fully saturated rings. The topological polar surface area (TPSA) is 61.8 Å². The summed E-state index contributed by atoms with van der Waals surface area (Å²) in [5, 5.41) is 6.67. The number of aromatic nitrogens is 1. The van der Waals surface area contributed by atoms with Gasteiger partial charge in [-0.25, -0.2) is 9.98 Å². The van der Waals surface area contributed by atoms with E-state index in [2.05, 4.69) is 28.6 Å². The van der Waals surface area contributed by atoms with Gasteiger partial charge in [0.1, 0.15) is 5.82 Å². The first-order valence-electron chi connectivity index (χ1n) is 9.95. The fourth-order valence-corrected chi connectivity index (χ4v) is 3.27. The monoisotopic (exact) mass is 361 g/mol. The van der Waals surface area contributed by atoms with Crippen molar-refractivity contribution in [2.24, 2.45) is 4.99 Å². The predicted molar refractivity (Wildman–Crippen MR) is 109 cm³/mol. The van der Waals surface area contributed by atoms with Crippen LogP contribution in [0.5, 0.6) is 0 Å². The molecule has 0 radical (unpaired) electrons. The number of hydrogen-bond donors (Lipinski definition) is 2. The third-order valence-corrected chi connectivity index (χ3v) is 4.59. The van der Waals surface area contributed by atoms with Crippen molar-refractivity contribution < 1.29 is 4.74 Å². The van der Waals surface area contributed by atoms with Crippen LogP contribution in [0.3, 0.4) is 0 Å². The number of anilines is 1. The summed E-state index contributed by atoms with van der Waals surface area (Å²) in [6.07, 6.45) is 10.0. The lowest BCUT2D eigenvalue weighted by Crippen LogP contribution is -2.39. The minimum Gasteiger partial charge on any atom is -0.376 e. The first-order valence-corrected chi connectivity index (χ1v) is 9.95. The molecule has 0 aliphatic heterocycles. The Bertz CT molecular complexity index is 539. The van der Waals surface area contributed by atoms with Crippen LogP contribution in [0.1, 0.15) is 51.0 Å². The highest BCUT2D eigenvalue weighted by atomic mass is 16.5. The van der Waals surface area contributed by atoms with E-state index >= 15 is 0 Å². The Kier molecular flexibility index (Phi) is 9.24. The molecule has 146 valence electrons. The largest absolute Gasteiger partial charge is 0.376 e. The lowest BCUT2D eigenvalue weighted by Gasteiger charge is -2.17. The van der Waals surface area contributed by atoms with Crippen LogP contribution in [0.25, 0.3) is 0 Å². The van der Waals surface area contributed by atoms with E-state index in [0.29, 0.717) is 12.6 Å². The van der Waals surface area contributed by atoms with Crippen molar-refractivity contribution in [1.82, 2.24) is 15.6 Å². The van der Waals surface area contributed by atoms with Crippen molar-refractivity contribution in [3.05, 3.63) is 23.9 Å². The van der Waals surface area contributed by atoms with Gasteiger partial charge < -0.3 is 20.3 Å². The predicted octanol–water partition coefficient (Wildman–Crippen LogP) is 2.94. The first kappa shape index (κ1) is 20.5. The molecule has 0 amide bonds. The van der Waals surface area contributed by atoms with Crippen LogP contribution in [0.4, 0.5) is 5.82 Å². The van der Waals surface area contributed by atoms with Crippen molar-refractivity contribution >= 4 is 11.8 Å². The van der Waals surface area contributed by atoms with E-state index < -0.39 is 0 Å². The highest BCUT2D eigenvalue weighted by molar-refractivity contribution is 5.79. The van der Waals surface area contributed by atoms with Crippen LogP contribution >= 0.6 is 0 Å². The maximum absolute atomic E-state index is 6.04. The van der Waals surface area contributed by atoms with E-state index in [1.165, 1.54) is 38.5 Å². The van der Waals surface area contributed by atoms with Crippen LogP contribution in [0.15, 0.2) is 23.3 Å². The Morgan fingerprint density at radius 2 is 2.00 bits per heavy atom. The van der Waals surface area contributed by atoms with Crippen molar-refractivity contribution in [3.8, 4) is 0 Å². The molecule has 0 spiro atoms. The van der Waals surface area contributed by atoms with Crippen LogP contribution in [-0.4, -0.2) is 50.8 Å². The van der Waals surface area contributed by atoms with Gasteiger partial charge in [-0.1, -0.05) is 31.7 Å². The average Bonchev–Trinajstić information content (AvgIpc) is 2.92. The molecule has 2 rings (SSSR count). The molecular formula is C20H35N5O. The Balaban J connectivity index is 1.81. The zero-order chi connectivity index (χ0) is 18.6. The molecule has 0 aromatic carbocycles. The number of pyridine rings is 1. The highest BCUT2D eigenvalue weighted by Crippen LogP contribution is 2.19. The quantitative estimate of drug-likeness (QED) is 0.323. The first-order chi connectivity index (χ1) is 12.7. The Labute approximate surface area is 158 Å². The van der Waals surface area contributed by atoms with Crippen molar-refractivity contribution in [1.29, 1.82) is 0 Å². The van der Waals surface area contributed by atoms with Gasteiger partial charge in [0.15, 0.2) is 5.96 Å². The van der Waals surface area contributed by atoms with Crippen molar-refractivity contribution in [2.75, 3.05) is 38.7 Å². The van der Waals surface area contributed by atoms with Gasteiger partial charge in [0.05, 0.1) is 19.3 Å². The van der Waals surface area contributed by atoms with Crippen LogP contribution in [0, 0.1) is 0 Å². The summed E-state index contributed by atoms with van der Waals surface area (Å²) >= 11 is 0. The number of nitrogens with one attached hydrogen (secondary N) is 2. The standard InChI is InChI=1S/C20H35N5O/c1-4-21-20(23-14-15-26-18-11-7-5-6-8-12-18)24-16-17-10-9-13-22-19(17)25(2)3/h9-10,13,18H,4-8,11-12,14-16H2,1-3H3,(H2,21,23,24). The number of rotatable bonds is 8. The Morgan fingerprint density at radius 1 is 1.23 bits per heavy atom. The third-order valence-electron chi connectivity index (χ3n) is 4.59. The maximum Gasteiger partial charge on any atom is 0.191 e.